The minimum absolute atomic E-state index is 0. The third-order valence-electron chi connectivity index (χ3n) is 4.66. The van der Waals surface area contributed by atoms with Crippen molar-refractivity contribution in [2.45, 2.75) is 73.6 Å². The molecule has 154 valence electrons. The average molecular weight is 421 g/mol. The summed E-state index contributed by atoms with van der Waals surface area (Å²) in [5, 5.41) is 0. The molecule has 2 rings (SSSR count). The molecule has 0 aliphatic rings. The van der Waals surface area contributed by atoms with Crippen molar-refractivity contribution in [3.8, 4) is 0 Å². The summed E-state index contributed by atoms with van der Waals surface area (Å²) in [5.74, 6) is 0. The Morgan fingerprint density at radius 3 is 1.61 bits per heavy atom. The van der Waals surface area contributed by atoms with Gasteiger partial charge >= 0.3 is 0 Å². The molecule has 0 N–H and O–H groups in total. The number of benzene rings is 2. The zero-order valence-corrected chi connectivity index (χ0v) is 19.2. The molecule has 2 nitrogen and oxygen atoms in total. The Balaban J connectivity index is 0.00000392. The molecule has 0 radical (unpaired) electrons. The summed E-state index contributed by atoms with van der Waals surface area (Å²) in [6.45, 7) is 12.8. The second-order valence-electron chi connectivity index (χ2n) is 7.76. The molecule has 0 spiro atoms. The Hall–Kier alpha value is -1.73. The molecule has 0 saturated heterocycles. The quantitative estimate of drug-likeness (QED) is 0.237. The summed E-state index contributed by atoms with van der Waals surface area (Å²) in [6.07, 6.45) is 5.92. The second-order valence-corrected chi connectivity index (χ2v) is 7.76. The van der Waals surface area contributed by atoms with Gasteiger partial charge in [0.25, 0.3) is 0 Å². The molecule has 0 aliphatic heterocycles. The van der Waals surface area contributed by atoms with Crippen LogP contribution in [0.15, 0.2) is 46.4 Å². The second kappa shape index (κ2) is 12.0. The Morgan fingerprint density at radius 2 is 1.14 bits per heavy atom. The molecule has 0 saturated carbocycles. The number of aliphatic imine (C=N–C) groups is 2. The van der Waals surface area contributed by atoms with E-state index in [4.69, 9.17) is 9.98 Å². The number of hydrogen-bond donors (Lipinski definition) is 0. The van der Waals surface area contributed by atoms with Crippen LogP contribution in [0.5, 0.6) is 0 Å². The Labute approximate surface area is 181 Å². The normalized spacial score (nSPS) is 12.1. The fourth-order valence-corrected chi connectivity index (χ4v) is 3.48. The van der Waals surface area contributed by atoms with Gasteiger partial charge in [0.2, 0.25) is 0 Å². The number of nitrogens with zero attached hydrogens (tertiary/aromatic N) is 2. The molecule has 0 unspecified atom stereocenters. The molecule has 3 heteroatoms. The number of aryl methyl sites for hydroxylation is 4. The van der Waals surface area contributed by atoms with Crippen molar-refractivity contribution in [3.63, 3.8) is 0 Å². The van der Waals surface area contributed by atoms with Gasteiger partial charge in [0.15, 0.2) is 0 Å². The maximum absolute atomic E-state index is 5.00. The maximum Gasteiger partial charge on any atom is 0.0639 e. The topological polar surface area (TPSA) is 24.7 Å². The Bertz CT molecular complexity index is 794. The van der Waals surface area contributed by atoms with Crippen LogP contribution in [0, 0.1) is 27.7 Å². The SMILES string of the molecule is CCCCCCC(=Nc1cc(C)cc(C)c1)C(C)=Nc1cc(C)cc(C)c1.[Ni]. The van der Waals surface area contributed by atoms with Crippen molar-refractivity contribution in [2.24, 2.45) is 9.98 Å². The molecule has 0 bridgehead atoms. The van der Waals surface area contributed by atoms with Gasteiger partial charge in [-0.15, -0.1) is 0 Å². The predicted octanol–water partition coefficient (Wildman–Crippen LogP) is 7.75. The summed E-state index contributed by atoms with van der Waals surface area (Å²) in [4.78, 5) is 9.91. The van der Waals surface area contributed by atoms with Crippen LogP contribution in [-0.4, -0.2) is 11.4 Å². The van der Waals surface area contributed by atoms with Crippen molar-refractivity contribution in [1.29, 1.82) is 0 Å². The van der Waals surface area contributed by atoms with Crippen LogP contribution in [-0.2, 0) is 16.5 Å². The summed E-state index contributed by atoms with van der Waals surface area (Å²) in [6, 6.07) is 13.0. The van der Waals surface area contributed by atoms with E-state index in [0.29, 0.717) is 0 Å². The van der Waals surface area contributed by atoms with Crippen molar-refractivity contribution < 1.29 is 16.5 Å². The number of hydrogen-bond acceptors (Lipinski definition) is 2. The Kier molecular flexibility index (Phi) is 10.4. The van der Waals surface area contributed by atoms with E-state index in [1.54, 1.807) is 0 Å². The molecule has 2 aromatic carbocycles. The van der Waals surface area contributed by atoms with Gasteiger partial charge in [-0.2, -0.15) is 0 Å². The van der Waals surface area contributed by atoms with Crippen LogP contribution in [0.2, 0.25) is 0 Å². The van der Waals surface area contributed by atoms with Gasteiger partial charge in [0, 0.05) is 16.5 Å². The zero-order chi connectivity index (χ0) is 19.8. The van der Waals surface area contributed by atoms with Crippen LogP contribution < -0.4 is 0 Å². The molecule has 28 heavy (non-hydrogen) atoms. The number of unbranched alkanes of at least 4 members (excludes halogenated alkanes) is 3. The smallest absolute Gasteiger partial charge is 0.0639 e. The fraction of sp³-hybridized carbons (Fsp3) is 0.440. The molecule has 0 fully saturated rings. The van der Waals surface area contributed by atoms with Crippen molar-refractivity contribution >= 4 is 22.8 Å². The van der Waals surface area contributed by atoms with E-state index in [2.05, 4.69) is 77.9 Å². The third-order valence-corrected chi connectivity index (χ3v) is 4.66. The van der Waals surface area contributed by atoms with E-state index in [-0.39, 0.29) is 16.5 Å². The van der Waals surface area contributed by atoms with Gasteiger partial charge in [-0.3, -0.25) is 9.98 Å². The first-order chi connectivity index (χ1) is 12.9. The van der Waals surface area contributed by atoms with Gasteiger partial charge in [-0.1, -0.05) is 38.3 Å². The molecule has 0 amide bonds. The number of rotatable bonds is 8. The summed E-state index contributed by atoms with van der Waals surface area (Å²) < 4.78 is 0. The molecule has 0 aliphatic carbocycles. The Morgan fingerprint density at radius 1 is 0.679 bits per heavy atom. The first-order valence-corrected chi connectivity index (χ1v) is 10.2. The molecule has 0 atom stereocenters. The minimum atomic E-state index is 0. The van der Waals surface area contributed by atoms with E-state index in [9.17, 15) is 0 Å². The van der Waals surface area contributed by atoms with Crippen LogP contribution in [0.1, 0.15) is 68.2 Å². The molecule has 0 aromatic heterocycles. The molecular formula is C25H34N2Ni. The first-order valence-electron chi connectivity index (χ1n) is 10.2. The van der Waals surface area contributed by atoms with Crippen LogP contribution in [0.4, 0.5) is 11.4 Å². The van der Waals surface area contributed by atoms with Gasteiger partial charge in [-0.05, 0) is 94.0 Å². The largest absolute Gasteiger partial charge is 0.252 e. The van der Waals surface area contributed by atoms with Crippen molar-refractivity contribution in [3.05, 3.63) is 58.7 Å². The van der Waals surface area contributed by atoms with Crippen molar-refractivity contribution in [2.75, 3.05) is 0 Å². The van der Waals surface area contributed by atoms with Gasteiger partial charge in [-0.25, -0.2) is 0 Å². The summed E-state index contributed by atoms with van der Waals surface area (Å²) >= 11 is 0. The third kappa shape index (κ3) is 8.11. The first kappa shape index (κ1) is 24.3. The zero-order valence-electron chi connectivity index (χ0n) is 18.2. The van der Waals surface area contributed by atoms with E-state index in [1.165, 1.54) is 41.5 Å². The van der Waals surface area contributed by atoms with Gasteiger partial charge in [0.05, 0.1) is 22.8 Å². The van der Waals surface area contributed by atoms with Gasteiger partial charge in [0.1, 0.15) is 0 Å². The maximum atomic E-state index is 5.00. The minimum Gasteiger partial charge on any atom is -0.252 e. The summed E-state index contributed by atoms with van der Waals surface area (Å²) in [7, 11) is 0. The molecular weight excluding hydrogens is 387 g/mol. The average Bonchev–Trinajstić information content (AvgIpc) is 2.55. The van der Waals surface area contributed by atoms with Gasteiger partial charge < -0.3 is 0 Å². The van der Waals surface area contributed by atoms with Crippen LogP contribution >= 0.6 is 0 Å². The van der Waals surface area contributed by atoms with E-state index in [1.807, 2.05) is 0 Å². The summed E-state index contributed by atoms with van der Waals surface area (Å²) in [5.41, 5.74) is 9.19. The van der Waals surface area contributed by atoms with E-state index >= 15 is 0 Å². The monoisotopic (exact) mass is 420 g/mol. The van der Waals surface area contributed by atoms with Crippen LogP contribution in [0.25, 0.3) is 0 Å². The molecule has 2 aromatic rings. The van der Waals surface area contributed by atoms with Crippen molar-refractivity contribution in [1.82, 2.24) is 0 Å². The molecule has 0 heterocycles. The van der Waals surface area contributed by atoms with E-state index < -0.39 is 0 Å². The fourth-order valence-electron chi connectivity index (χ4n) is 3.48. The van der Waals surface area contributed by atoms with E-state index in [0.717, 1.165) is 35.6 Å². The standard InChI is InChI=1S/C25H34N2.Ni/c1-7-8-9-10-11-25(27-24-16-20(4)13-21(5)17-24)22(6)26-23-14-18(2)12-19(3)15-23;/h12-17H,7-11H2,1-6H3;. The van der Waals surface area contributed by atoms with Crippen LogP contribution in [0.3, 0.4) is 0 Å². The predicted molar refractivity (Wildman–Crippen MR) is 120 cm³/mol.